The fourth-order valence-electron chi connectivity index (χ4n) is 2.61. The van der Waals surface area contributed by atoms with E-state index >= 15 is 0 Å². The molecule has 0 atom stereocenters. The summed E-state index contributed by atoms with van der Waals surface area (Å²) in [4.78, 5) is 4.28. The van der Waals surface area contributed by atoms with E-state index < -0.39 is 6.36 Å². The van der Waals surface area contributed by atoms with Gasteiger partial charge in [0.05, 0.1) is 0 Å². The van der Waals surface area contributed by atoms with Crippen molar-refractivity contribution >= 4 is 5.70 Å². The molecule has 138 valence electrons. The molecule has 1 aromatic heterocycles. The largest absolute Gasteiger partial charge is 0.573 e. The second kappa shape index (κ2) is 8.08. The predicted molar refractivity (Wildman–Crippen MR) is 96.8 cm³/mol. The molecule has 0 unspecified atom stereocenters. The van der Waals surface area contributed by atoms with E-state index in [2.05, 4.69) is 16.3 Å². The first-order valence-corrected chi connectivity index (χ1v) is 8.15. The molecule has 3 nitrogen and oxygen atoms in total. The zero-order chi connectivity index (χ0) is 19.3. The molecule has 2 aromatic rings. The highest BCUT2D eigenvalue weighted by Gasteiger charge is 2.33. The van der Waals surface area contributed by atoms with Gasteiger partial charge >= 0.3 is 6.36 Å². The summed E-state index contributed by atoms with van der Waals surface area (Å²) in [5.74, 6) is 0.176. The number of nitrogens with zero attached hydrogens (tertiary/aromatic N) is 2. The van der Waals surface area contributed by atoms with Crippen LogP contribution in [0, 0.1) is 5.92 Å². The Morgan fingerprint density at radius 2 is 1.88 bits per heavy atom. The van der Waals surface area contributed by atoms with Gasteiger partial charge in [0.1, 0.15) is 11.6 Å². The number of imidazole rings is 1. The third-order valence-corrected chi connectivity index (χ3v) is 3.72. The summed E-state index contributed by atoms with van der Waals surface area (Å²) in [6.07, 6.45) is 1.34. The zero-order valence-electron chi connectivity index (χ0n) is 14.9. The van der Waals surface area contributed by atoms with Crippen molar-refractivity contribution in [2.45, 2.75) is 27.1 Å². The average molecular weight is 362 g/mol. The highest BCUT2D eigenvalue weighted by atomic mass is 19.4. The number of ether oxygens (including phenoxy) is 1. The van der Waals surface area contributed by atoms with E-state index in [-0.39, 0.29) is 11.7 Å². The molecule has 0 saturated heterocycles. The van der Waals surface area contributed by atoms with Crippen LogP contribution in [0.4, 0.5) is 13.2 Å². The summed E-state index contributed by atoms with van der Waals surface area (Å²) >= 11 is 0. The van der Waals surface area contributed by atoms with Crippen LogP contribution in [0.1, 0.15) is 20.8 Å². The smallest absolute Gasteiger partial charge is 0.405 e. The van der Waals surface area contributed by atoms with Gasteiger partial charge in [-0.1, -0.05) is 56.8 Å². The van der Waals surface area contributed by atoms with E-state index in [0.717, 1.165) is 5.56 Å². The Morgan fingerprint density at radius 1 is 1.23 bits per heavy atom. The first kappa shape index (κ1) is 19.6. The molecule has 0 aliphatic carbocycles. The molecule has 26 heavy (non-hydrogen) atoms. The van der Waals surface area contributed by atoms with Crippen molar-refractivity contribution < 1.29 is 17.9 Å². The molecule has 6 heteroatoms. The van der Waals surface area contributed by atoms with Gasteiger partial charge in [-0.05, 0) is 18.4 Å². The molecule has 0 bridgehead atoms. The topological polar surface area (TPSA) is 27.1 Å². The summed E-state index contributed by atoms with van der Waals surface area (Å²) < 4.78 is 44.5. The molecular weight excluding hydrogens is 341 g/mol. The molecule has 0 saturated carbocycles. The van der Waals surface area contributed by atoms with Gasteiger partial charge < -0.3 is 9.30 Å². The standard InChI is InChI=1S/C20H21F3N2O/c1-5-17(14(2)3)18(26-20(21,22)23)13-15(4)25-12-11-24-19(25)16-9-7-6-8-10-16/h5-14H,4H2,1-3H3/b17-5?,18-13+. The van der Waals surface area contributed by atoms with Crippen LogP contribution in [0.25, 0.3) is 17.1 Å². The maximum atomic E-state index is 12.9. The highest BCUT2D eigenvalue weighted by Crippen LogP contribution is 2.30. The van der Waals surface area contributed by atoms with E-state index in [9.17, 15) is 13.2 Å². The number of alkyl halides is 3. The van der Waals surface area contributed by atoms with Gasteiger partial charge in [-0.2, -0.15) is 0 Å². The van der Waals surface area contributed by atoms with E-state index in [4.69, 9.17) is 0 Å². The minimum atomic E-state index is -4.79. The minimum absolute atomic E-state index is 0.141. The van der Waals surface area contributed by atoms with Crippen molar-refractivity contribution in [3.05, 3.63) is 72.8 Å². The SMILES string of the molecule is C=C(/C=C(/OC(F)(F)F)C(=CC)C(C)C)n1ccnc1-c1ccccc1. The Bertz CT molecular complexity index is 815. The molecule has 0 fully saturated rings. The number of aromatic nitrogens is 2. The van der Waals surface area contributed by atoms with Gasteiger partial charge in [0.15, 0.2) is 0 Å². The Morgan fingerprint density at radius 3 is 2.42 bits per heavy atom. The first-order valence-electron chi connectivity index (χ1n) is 8.15. The first-order chi connectivity index (χ1) is 12.2. The Balaban J connectivity index is 2.45. The van der Waals surface area contributed by atoms with Gasteiger partial charge in [-0.3, -0.25) is 0 Å². The normalized spacial score (nSPS) is 13.2. The lowest BCUT2D eigenvalue weighted by atomic mass is 10.0. The lowest BCUT2D eigenvalue weighted by Crippen LogP contribution is -2.16. The third kappa shape index (κ3) is 4.88. The van der Waals surface area contributed by atoms with E-state index in [1.54, 1.807) is 43.8 Å². The molecule has 0 aliphatic rings. The lowest BCUT2D eigenvalue weighted by molar-refractivity contribution is -0.304. The van der Waals surface area contributed by atoms with Crippen LogP contribution in [0.3, 0.4) is 0 Å². The van der Waals surface area contributed by atoms with Crippen molar-refractivity contribution in [1.82, 2.24) is 9.55 Å². The number of allylic oxidation sites excluding steroid dienone is 4. The van der Waals surface area contributed by atoms with Crippen LogP contribution in [0.15, 0.2) is 72.8 Å². The fourth-order valence-corrected chi connectivity index (χ4v) is 2.61. The van der Waals surface area contributed by atoms with Crippen LogP contribution >= 0.6 is 0 Å². The molecule has 0 radical (unpaired) electrons. The number of rotatable bonds is 6. The molecular formula is C20H21F3N2O. The molecule has 1 aromatic carbocycles. The van der Waals surface area contributed by atoms with E-state index in [0.29, 0.717) is 17.1 Å². The maximum absolute atomic E-state index is 12.9. The second-order valence-corrected chi connectivity index (χ2v) is 5.93. The van der Waals surface area contributed by atoms with E-state index in [1.807, 2.05) is 30.3 Å². The number of hydrogen-bond donors (Lipinski definition) is 0. The number of benzene rings is 1. The number of hydrogen-bond acceptors (Lipinski definition) is 2. The molecule has 2 rings (SSSR count). The predicted octanol–water partition coefficient (Wildman–Crippen LogP) is 6.04. The number of halogens is 3. The summed E-state index contributed by atoms with van der Waals surface area (Å²) in [5, 5.41) is 0. The quantitative estimate of drug-likeness (QED) is 0.462. The van der Waals surface area contributed by atoms with Crippen molar-refractivity contribution in [2.24, 2.45) is 5.92 Å². The van der Waals surface area contributed by atoms with Gasteiger partial charge in [0.25, 0.3) is 0 Å². The molecule has 0 N–H and O–H groups in total. The van der Waals surface area contributed by atoms with Gasteiger partial charge in [0, 0.05) is 29.7 Å². The monoisotopic (exact) mass is 362 g/mol. The molecule has 0 amide bonds. The van der Waals surface area contributed by atoms with Crippen LogP contribution < -0.4 is 0 Å². The van der Waals surface area contributed by atoms with Gasteiger partial charge in [-0.15, -0.1) is 13.2 Å². The fraction of sp³-hybridized carbons (Fsp3) is 0.250. The zero-order valence-corrected chi connectivity index (χ0v) is 14.9. The van der Waals surface area contributed by atoms with Crippen molar-refractivity contribution in [1.29, 1.82) is 0 Å². The van der Waals surface area contributed by atoms with Crippen LogP contribution in [0.2, 0.25) is 0 Å². The molecule has 1 heterocycles. The Hall–Kier alpha value is -2.76. The molecule has 0 aliphatic heterocycles. The highest BCUT2D eigenvalue weighted by molar-refractivity contribution is 5.66. The van der Waals surface area contributed by atoms with Crippen LogP contribution in [-0.4, -0.2) is 15.9 Å². The van der Waals surface area contributed by atoms with Crippen molar-refractivity contribution in [3.63, 3.8) is 0 Å². The second-order valence-electron chi connectivity index (χ2n) is 5.93. The van der Waals surface area contributed by atoms with Gasteiger partial charge in [-0.25, -0.2) is 4.98 Å². The summed E-state index contributed by atoms with van der Waals surface area (Å²) in [6, 6.07) is 9.34. The van der Waals surface area contributed by atoms with Gasteiger partial charge in [0.2, 0.25) is 0 Å². The van der Waals surface area contributed by atoms with Crippen LogP contribution in [0.5, 0.6) is 0 Å². The Kier molecular flexibility index (Phi) is 6.08. The Labute approximate surface area is 151 Å². The molecule has 0 spiro atoms. The van der Waals surface area contributed by atoms with Crippen molar-refractivity contribution in [2.75, 3.05) is 0 Å². The van der Waals surface area contributed by atoms with E-state index in [1.165, 1.54) is 6.08 Å². The minimum Gasteiger partial charge on any atom is -0.405 e. The lowest BCUT2D eigenvalue weighted by Gasteiger charge is -2.19. The average Bonchev–Trinajstić information content (AvgIpc) is 3.04. The van der Waals surface area contributed by atoms with Crippen LogP contribution in [-0.2, 0) is 4.74 Å². The maximum Gasteiger partial charge on any atom is 0.573 e. The summed E-state index contributed by atoms with van der Waals surface area (Å²) in [6.45, 7) is 9.19. The summed E-state index contributed by atoms with van der Waals surface area (Å²) in [5.41, 5.74) is 1.60. The summed E-state index contributed by atoms with van der Waals surface area (Å²) in [7, 11) is 0. The van der Waals surface area contributed by atoms with Crippen molar-refractivity contribution in [3.8, 4) is 11.4 Å². The third-order valence-electron chi connectivity index (χ3n) is 3.72.